The molecule has 2 aromatic carbocycles. The summed E-state index contributed by atoms with van der Waals surface area (Å²) in [5, 5.41) is 20.0. The molecule has 4 nitrogen and oxygen atoms in total. The molecular weight excluding hydrogens is 342 g/mol. The van der Waals surface area contributed by atoms with Crippen LogP contribution in [0.2, 0.25) is 0 Å². The highest BCUT2D eigenvalue weighted by Crippen LogP contribution is 2.30. The van der Waals surface area contributed by atoms with E-state index < -0.39 is 0 Å². The van der Waals surface area contributed by atoms with Gasteiger partial charge in [-0.25, -0.2) is 0 Å². The summed E-state index contributed by atoms with van der Waals surface area (Å²) in [6.45, 7) is 0.0170. The van der Waals surface area contributed by atoms with Gasteiger partial charge in [0.15, 0.2) is 0 Å². The van der Waals surface area contributed by atoms with Crippen molar-refractivity contribution in [2.75, 3.05) is 0 Å². The van der Waals surface area contributed by atoms with E-state index in [4.69, 9.17) is 5.11 Å². The number of benzene rings is 2. The van der Waals surface area contributed by atoms with Gasteiger partial charge in [-0.15, -0.1) is 11.8 Å². The first kappa shape index (κ1) is 15.0. The van der Waals surface area contributed by atoms with Crippen molar-refractivity contribution >= 4 is 33.4 Å². The van der Waals surface area contributed by atoms with Crippen LogP contribution in [0.5, 0.6) is 0 Å². The summed E-state index contributed by atoms with van der Waals surface area (Å²) >= 11 is 4.77. The Morgan fingerprint density at radius 3 is 2.50 bits per heavy atom. The van der Waals surface area contributed by atoms with E-state index in [1.165, 1.54) is 17.8 Å². The lowest BCUT2D eigenvalue weighted by atomic mass is 10.2. The third kappa shape index (κ3) is 3.82. The van der Waals surface area contributed by atoms with Crippen LogP contribution in [0, 0.1) is 10.1 Å². The highest BCUT2D eigenvalue weighted by molar-refractivity contribution is 9.10. The van der Waals surface area contributed by atoms with Crippen LogP contribution in [-0.4, -0.2) is 10.0 Å². The Hall–Kier alpha value is -1.37. The summed E-state index contributed by atoms with van der Waals surface area (Å²) in [5.74, 6) is 0.530. The molecule has 104 valence electrons. The van der Waals surface area contributed by atoms with Gasteiger partial charge in [-0.3, -0.25) is 10.1 Å². The summed E-state index contributed by atoms with van der Waals surface area (Å²) in [6.07, 6.45) is 0. The molecule has 0 aliphatic rings. The summed E-state index contributed by atoms with van der Waals surface area (Å²) < 4.78 is 0.699. The van der Waals surface area contributed by atoms with Crippen molar-refractivity contribution in [3.63, 3.8) is 0 Å². The molecule has 0 radical (unpaired) electrons. The van der Waals surface area contributed by atoms with Gasteiger partial charge in [-0.05, 0) is 23.8 Å². The van der Waals surface area contributed by atoms with Gasteiger partial charge in [0.05, 0.1) is 11.5 Å². The minimum Gasteiger partial charge on any atom is -0.392 e. The van der Waals surface area contributed by atoms with E-state index in [0.717, 1.165) is 10.5 Å². The van der Waals surface area contributed by atoms with Crippen LogP contribution < -0.4 is 0 Å². The maximum absolute atomic E-state index is 11.0. The molecule has 1 N–H and O–H groups in total. The number of rotatable bonds is 5. The molecule has 20 heavy (non-hydrogen) atoms. The van der Waals surface area contributed by atoms with Crippen LogP contribution in [0.1, 0.15) is 11.1 Å². The van der Waals surface area contributed by atoms with Gasteiger partial charge in [-0.1, -0.05) is 34.1 Å². The topological polar surface area (TPSA) is 63.4 Å². The largest absolute Gasteiger partial charge is 0.392 e. The fraction of sp³-hybridized carbons (Fsp3) is 0.143. The van der Waals surface area contributed by atoms with Gasteiger partial charge in [0.25, 0.3) is 5.69 Å². The number of nitro groups is 1. The number of hydrogen-bond acceptors (Lipinski definition) is 4. The van der Waals surface area contributed by atoms with E-state index in [0.29, 0.717) is 15.8 Å². The van der Waals surface area contributed by atoms with Crippen LogP contribution >= 0.6 is 27.7 Å². The van der Waals surface area contributed by atoms with Crippen molar-refractivity contribution in [1.29, 1.82) is 0 Å². The zero-order valence-corrected chi connectivity index (χ0v) is 12.9. The molecule has 0 saturated carbocycles. The minimum atomic E-state index is -0.366. The molecular formula is C14H12BrNO3S. The number of nitro benzene ring substituents is 1. The second-order valence-electron chi connectivity index (χ2n) is 4.12. The fourth-order valence-corrected chi connectivity index (χ4v) is 2.92. The number of nitrogens with zero attached hydrogens (tertiary/aromatic N) is 1. The summed E-state index contributed by atoms with van der Waals surface area (Å²) in [7, 11) is 0. The van der Waals surface area contributed by atoms with Crippen LogP contribution in [-0.2, 0) is 12.4 Å². The average molecular weight is 354 g/mol. The van der Waals surface area contributed by atoms with E-state index in [1.54, 1.807) is 12.1 Å². The van der Waals surface area contributed by atoms with Gasteiger partial charge >= 0.3 is 0 Å². The van der Waals surface area contributed by atoms with Gasteiger partial charge < -0.3 is 5.11 Å². The smallest absolute Gasteiger partial charge is 0.274 e. The van der Waals surface area contributed by atoms with E-state index in [9.17, 15) is 10.1 Å². The number of hydrogen-bond donors (Lipinski definition) is 1. The lowest BCUT2D eigenvalue weighted by molar-refractivity contribution is -0.385. The molecule has 0 bridgehead atoms. The van der Waals surface area contributed by atoms with E-state index in [-0.39, 0.29) is 17.2 Å². The Morgan fingerprint density at radius 2 is 1.90 bits per heavy atom. The molecule has 0 aliphatic heterocycles. The Balaban J connectivity index is 2.12. The minimum absolute atomic E-state index is 0.0170. The quantitative estimate of drug-likeness (QED) is 0.498. The van der Waals surface area contributed by atoms with Crippen LogP contribution in [0.4, 0.5) is 5.69 Å². The molecule has 2 rings (SSSR count). The van der Waals surface area contributed by atoms with Gasteiger partial charge in [-0.2, -0.15) is 0 Å². The normalized spacial score (nSPS) is 10.5. The number of aliphatic hydroxyl groups is 1. The molecule has 6 heteroatoms. The fourth-order valence-electron chi connectivity index (χ4n) is 1.68. The molecule has 0 heterocycles. The predicted molar refractivity (Wildman–Crippen MR) is 82.7 cm³/mol. The number of aliphatic hydroxyl groups excluding tert-OH is 1. The summed E-state index contributed by atoms with van der Waals surface area (Å²) in [4.78, 5) is 11.7. The van der Waals surface area contributed by atoms with Crippen LogP contribution in [0.25, 0.3) is 0 Å². The third-order valence-electron chi connectivity index (χ3n) is 2.74. The number of halogens is 1. The second-order valence-corrected chi connectivity index (χ2v) is 6.09. The highest BCUT2D eigenvalue weighted by atomic mass is 79.9. The molecule has 0 spiro atoms. The molecule has 0 aromatic heterocycles. The van der Waals surface area contributed by atoms with Gasteiger partial charge in [0.2, 0.25) is 0 Å². The van der Waals surface area contributed by atoms with E-state index in [1.807, 2.05) is 24.3 Å². The third-order valence-corrected chi connectivity index (χ3v) is 4.30. The van der Waals surface area contributed by atoms with Crippen molar-refractivity contribution in [1.82, 2.24) is 0 Å². The monoisotopic (exact) mass is 353 g/mol. The SMILES string of the molecule is O=[N+]([O-])c1cc(Br)ccc1CSc1ccc(CO)cc1. The van der Waals surface area contributed by atoms with E-state index >= 15 is 0 Å². The lowest BCUT2D eigenvalue weighted by Gasteiger charge is -2.05. The molecule has 0 atom stereocenters. The van der Waals surface area contributed by atoms with Crippen molar-refractivity contribution in [2.45, 2.75) is 17.3 Å². The van der Waals surface area contributed by atoms with Crippen LogP contribution in [0.3, 0.4) is 0 Å². The van der Waals surface area contributed by atoms with Crippen molar-refractivity contribution in [2.24, 2.45) is 0 Å². The zero-order chi connectivity index (χ0) is 14.5. The zero-order valence-electron chi connectivity index (χ0n) is 10.5. The van der Waals surface area contributed by atoms with Gasteiger partial charge in [0, 0.05) is 26.8 Å². The van der Waals surface area contributed by atoms with Crippen molar-refractivity contribution in [3.05, 3.63) is 68.2 Å². The lowest BCUT2D eigenvalue weighted by Crippen LogP contribution is -1.94. The average Bonchev–Trinajstić information content (AvgIpc) is 2.46. The molecule has 0 amide bonds. The van der Waals surface area contributed by atoms with Gasteiger partial charge in [0.1, 0.15) is 0 Å². The molecule has 0 fully saturated rings. The maximum Gasteiger partial charge on any atom is 0.274 e. The summed E-state index contributed by atoms with van der Waals surface area (Å²) in [6, 6.07) is 12.6. The first-order valence-corrected chi connectivity index (χ1v) is 7.63. The predicted octanol–water partition coefficient (Wildman–Crippen LogP) is 4.14. The molecule has 0 saturated heterocycles. The van der Waals surface area contributed by atoms with Crippen LogP contribution in [0.15, 0.2) is 51.8 Å². The van der Waals surface area contributed by atoms with E-state index in [2.05, 4.69) is 15.9 Å². The Morgan fingerprint density at radius 1 is 1.20 bits per heavy atom. The Bertz CT molecular complexity index is 616. The number of thioether (sulfide) groups is 1. The molecule has 0 aliphatic carbocycles. The highest BCUT2D eigenvalue weighted by Gasteiger charge is 2.14. The molecule has 0 unspecified atom stereocenters. The second kappa shape index (κ2) is 6.88. The Kier molecular flexibility index (Phi) is 5.17. The van der Waals surface area contributed by atoms with Crippen molar-refractivity contribution < 1.29 is 10.0 Å². The van der Waals surface area contributed by atoms with Crippen molar-refractivity contribution in [3.8, 4) is 0 Å². The molecule has 2 aromatic rings. The Labute approximate surface area is 129 Å². The maximum atomic E-state index is 11.0. The first-order valence-electron chi connectivity index (χ1n) is 5.85. The summed E-state index contributed by atoms with van der Waals surface area (Å²) in [5.41, 5.74) is 1.66. The standard InChI is InChI=1S/C14H12BrNO3S/c15-12-4-3-11(14(7-12)16(18)19)9-20-13-5-1-10(8-17)2-6-13/h1-7,17H,8-9H2. The first-order chi connectivity index (χ1) is 9.60.